The van der Waals surface area contributed by atoms with Gasteiger partial charge in [-0.2, -0.15) is 5.26 Å². The van der Waals surface area contributed by atoms with Gasteiger partial charge in [0.1, 0.15) is 0 Å². The highest BCUT2D eigenvalue weighted by molar-refractivity contribution is 4.92. The van der Waals surface area contributed by atoms with Crippen LogP contribution >= 0.6 is 0 Å². The van der Waals surface area contributed by atoms with Gasteiger partial charge in [0.2, 0.25) is 0 Å². The molecule has 10 heavy (non-hydrogen) atoms. The van der Waals surface area contributed by atoms with Gasteiger partial charge in [0.15, 0.2) is 5.82 Å². The molecule has 0 aromatic carbocycles. The molecule has 0 amide bonds. The Morgan fingerprint density at radius 1 is 1.90 bits per heavy atom. The highest BCUT2D eigenvalue weighted by atomic mass is 16.5. The third-order valence-corrected chi connectivity index (χ3v) is 1.13. The fourth-order valence-electron chi connectivity index (χ4n) is 0.541. The zero-order chi connectivity index (χ0) is 7.56. The summed E-state index contributed by atoms with van der Waals surface area (Å²) in [6.45, 7) is 0. The zero-order valence-corrected chi connectivity index (χ0v) is 5.37. The van der Waals surface area contributed by atoms with Crippen LogP contribution in [0.1, 0.15) is 5.82 Å². The molecule has 0 aliphatic heterocycles. The largest absolute Gasteiger partial charge is 0.441 e. The average molecular weight is 139 g/mol. The fourth-order valence-corrected chi connectivity index (χ4v) is 0.541. The van der Waals surface area contributed by atoms with E-state index >= 15 is 0 Å². The van der Waals surface area contributed by atoms with Gasteiger partial charge in [0, 0.05) is 7.05 Å². The Kier molecular flexibility index (Phi) is 1.54. The van der Waals surface area contributed by atoms with Crippen LogP contribution in [0.2, 0.25) is 0 Å². The summed E-state index contributed by atoms with van der Waals surface area (Å²) in [5, 5.41) is 11.6. The standard InChI is InChI=1S/C5H5N3O2/c1-8-4(2-3-6)7-10-5(8)9/h2H2,1H3. The third kappa shape index (κ3) is 0.910. The first kappa shape index (κ1) is 6.55. The zero-order valence-electron chi connectivity index (χ0n) is 5.37. The van der Waals surface area contributed by atoms with Crippen molar-refractivity contribution < 1.29 is 4.52 Å². The Morgan fingerprint density at radius 3 is 3.00 bits per heavy atom. The Hall–Kier alpha value is -1.57. The minimum atomic E-state index is -0.537. The Labute approximate surface area is 56.5 Å². The van der Waals surface area contributed by atoms with Crippen LogP contribution in [0.25, 0.3) is 0 Å². The summed E-state index contributed by atoms with van der Waals surface area (Å²) < 4.78 is 5.45. The van der Waals surface area contributed by atoms with Crippen LogP contribution in [-0.4, -0.2) is 9.72 Å². The molecule has 0 aliphatic carbocycles. The van der Waals surface area contributed by atoms with E-state index < -0.39 is 5.76 Å². The Bertz CT molecular complexity index is 316. The van der Waals surface area contributed by atoms with E-state index in [4.69, 9.17) is 5.26 Å². The van der Waals surface area contributed by atoms with E-state index in [1.807, 2.05) is 6.07 Å². The van der Waals surface area contributed by atoms with E-state index in [-0.39, 0.29) is 6.42 Å². The molecule has 0 N–H and O–H groups in total. The van der Waals surface area contributed by atoms with Crippen LogP contribution in [0.15, 0.2) is 9.32 Å². The quantitative estimate of drug-likeness (QED) is 0.522. The first-order valence-electron chi connectivity index (χ1n) is 2.64. The topological polar surface area (TPSA) is 71.8 Å². The van der Waals surface area contributed by atoms with Crippen molar-refractivity contribution in [1.29, 1.82) is 5.26 Å². The summed E-state index contributed by atoms with van der Waals surface area (Å²) in [6.07, 6.45) is 0.0994. The molecule has 0 fully saturated rings. The Balaban J connectivity index is 3.08. The molecular weight excluding hydrogens is 134 g/mol. The maximum atomic E-state index is 10.5. The SMILES string of the molecule is Cn1c(CC#N)noc1=O. The predicted molar refractivity (Wildman–Crippen MR) is 31.1 cm³/mol. The number of nitriles is 1. The van der Waals surface area contributed by atoms with E-state index in [0.717, 1.165) is 0 Å². The first-order valence-corrected chi connectivity index (χ1v) is 2.64. The average Bonchev–Trinajstić information content (AvgIpc) is 2.20. The van der Waals surface area contributed by atoms with Gasteiger partial charge in [-0.1, -0.05) is 5.16 Å². The van der Waals surface area contributed by atoms with Crippen molar-refractivity contribution in [1.82, 2.24) is 9.72 Å². The van der Waals surface area contributed by atoms with Crippen molar-refractivity contribution in [3.8, 4) is 6.07 Å². The van der Waals surface area contributed by atoms with Crippen LogP contribution in [-0.2, 0) is 13.5 Å². The van der Waals surface area contributed by atoms with Crippen LogP contribution < -0.4 is 5.76 Å². The molecule has 1 aromatic heterocycles. The molecule has 52 valence electrons. The molecule has 1 heterocycles. The molecular formula is C5H5N3O2. The molecule has 0 atom stereocenters. The van der Waals surface area contributed by atoms with E-state index in [2.05, 4.69) is 9.68 Å². The van der Waals surface area contributed by atoms with Crippen molar-refractivity contribution in [2.24, 2.45) is 7.05 Å². The summed E-state index contributed by atoms with van der Waals surface area (Å²) in [5.74, 6) is -0.183. The highest BCUT2D eigenvalue weighted by Gasteiger charge is 2.03. The van der Waals surface area contributed by atoms with E-state index in [1.165, 1.54) is 11.6 Å². The second-order valence-electron chi connectivity index (χ2n) is 1.76. The van der Waals surface area contributed by atoms with E-state index in [0.29, 0.717) is 5.82 Å². The number of nitrogens with zero attached hydrogens (tertiary/aromatic N) is 3. The summed E-state index contributed by atoms with van der Waals surface area (Å²) in [5.41, 5.74) is 0. The monoisotopic (exact) mass is 139 g/mol. The van der Waals surface area contributed by atoms with Crippen molar-refractivity contribution in [2.45, 2.75) is 6.42 Å². The normalized spacial score (nSPS) is 9.20. The third-order valence-electron chi connectivity index (χ3n) is 1.13. The second-order valence-corrected chi connectivity index (χ2v) is 1.76. The smallest absolute Gasteiger partial charge is 0.296 e. The van der Waals surface area contributed by atoms with Gasteiger partial charge >= 0.3 is 5.76 Å². The van der Waals surface area contributed by atoms with Crippen molar-refractivity contribution in [3.63, 3.8) is 0 Å². The van der Waals surface area contributed by atoms with Gasteiger partial charge in [-0.3, -0.25) is 9.09 Å². The van der Waals surface area contributed by atoms with Gasteiger partial charge in [-0.25, -0.2) is 4.79 Å². The van der Waals surface area contributed by atoms with E-state index in [9.17, 15) is 4.79 Å². The van der Waals surface area contributed by atoms with Crippen molar-refractivity contribution in [3.05, 3.63) is 16.4 Å². The van der Waals surface area contributed by atoms with Gasteiger partial charge in [0.25, 0.3) is 0 Å². The lowest BCUT2D eigenvalue weighted by Crippen LogP contribution is -2.11. The minimum absolute atomic E-state index is 0.0994. The minimum Gasteiger partial charge on any atom is -0.296 e. The van der Waals surface area contributed by atoms with Gasteiger partial charge in [-0.15, -0.1) is 0 Å². The van der Waals surface area contributed by atoms with Gasteiger partial charge < -0.3 is 0 Å². The summed E-state index contributed by atoms with van der Waals surface area (Å²) in [6, 6.07) is 1.86. The fraction of sp³-hybridized carbons (Fsp3) is 0.400. The molecule has 5 heteroatoms. The number of hydrogen-bond donors (Lipinski definition) is 0. The lowest BCUT2D eigenvalue weighted by Gasteiger charge is -1.85. The first-order chi connectivity index (χ1) is 4.75. The number of hydrogen-bond acceptors (Lipinski definition) is 4. The van der Waals surface area contributed by atoms with Gasteiger partial charge in [-0.05, 0) is 0 Å². The maximum Gasteiger partial charge on any atom is 0.441 e. The van der Waals surface area contributed by atoms with Gasteiger partial charge in [0.05, 0.1) is 12.5 Å². The molecule has 5 nitrogen and oxygen atoms in total. The predicted octanol–water partition coefficient (Wildman–Crippen LogP) is -0.561. The molecule has 1 aromatic rings. The highest BCUT2D eigenvalue weighted by Crippen LogP contribution is 1.87. The molecule has 0 saturated heterocycles. The van der Waals surface area contributed by atoms with Crippen LogP contribution in [0.5, 0.6) is 0 Å². The number of aromatic nitrogens is 2. The van der Waals surface area contributed by atoms with Crippen molar-refractivity contribution in [2.75, 3.05) is 0 Å². The maximum absolute atomic E-state index is 10.5. The Morgan fingerprint density at radius 2 is 2.60 bits per heavy atom. The number of rotatable bonds is 1. The van der Waals surface area contributed by atoms with E-state index in [1.54, 1.807) is 0 Å². The van der Waals surface area contributed by atoms with Crippen LogP contribution in [0.3, 0.4) is 0 Å². The summed E-state index contributed by atoms with van der Waals surface area (Å²) in [4.78, 5) is 10.5. The molecule has 0 saturated carbocycles. The van der Waals surface area contributed by atoms with Crippen LogP contribution in [0.4, 0.5) is 0 Å². The molecule has 0 radical (unpaired) electrons. The summed E-state index contributed by atoms with van der Waals surface area (Å²) >= 11 is 0. The summed E-state index contributed by atoms with van der Waals surface area (Å²) in [7, 11) is 1.51. The lowest BCUT2D eigenvalue weighted by molar-refractivity contribution is 0.377. The second kappa shape index (κ2) is 2.35. The molecule has 0 spiro atoms. The van der Waals surface area contributed by atoms with Crippen molar-refractivity contribution >= 4 is 0 Å². The molecule has 1 rings (SSSR count). The molecule has 0 unspecified atom stereocenters. The van der Waals surface area contributed by atoms with Crippen LogP contribution in [0, 0.1) is 11.3 Å². The molecule has 0 bridgehead atoms. The lowest BCUT2D eigenvalue weighted by atomic mass is 10.4. The molecule has 0 aliphatic rings.